The summed E-state index contributed by atoms with van der Waals surface area (Å²) in [4.78, 5) is 16.3. The quantitative estimate of drug-likeness (QED) is 0.583. The van der Waals surface area contributed by atoms with Gasteiger partial charge in [0.25, 0.3) is 0 Å². The van der Waals surface area contributed by atoms with Gasteiger partial charge in [0.15, 0.2) is 0 Å². The third kappa shape index (κ3) is 3.32. The molecule has 0 aliphatic rings. The molecule has 6 nitrogen and oxygen atoms in total. The van der Waals surface area contributed by atoms with E-state index in [9.17, 15) is 4.79 Å². The van der Waals surface area contributed by atoms with Gasteiger partial charge in [-0.2, -0.15) is 5.10 Å². The third-order valence-electron chi connectivity index (χ3n) is 4.14. The lowest BCUT2D eigenvalue weighted by Crippen LogP contribution is -2.15. The first-order chi connectivity index (χ1) is 12.7. The smallest absolute Gasteiger partial charge is 0.226 e. The molecule has 0 fully saturated rings. The van der Waals surface area contributed by atoms with Gasteiger partial charge in [-0.3, -0.25) is 9.48 Å². The minimum absolute atomic E-state index is 0.0638. The molecule has 7 heteroatoms. The standard InChI is InChI=1S/C19H16ClN5O/c20-17-2-1-3-18-16(17)12-22-25(18)10-8-19(26)23-14-4-6-15(7-5-14)24-11-9-21-13-24/h1-7,9,11-13H,8,10H2,(H,23,26). The molecule has 0 atom stereocenters. The molecular weight excluding hydrogens is 350 g/mol. The van der Waals surface area contributed by atoms with Crippen LogP contribution in [-0.4, -0.2) is 25.2 Å². The lowest BCUT2D eigenvalue weighted by atomic mass is 10.2. The van der Waals surface area contributed by atoms with E-state index in [0.717, 1.165) is 22.3 Å². The van der Waals surface area contributed by atoms with Crippen molar-refractivity contribution < 1.29 is 4.79 Å². The number of nitrogens with one attached hydrogen (secondary N) is 1. The summed E-state index contributed by atoms with van der Waals surface area (Å²) in [5.41, 5.74) is 2.67. The van der Waals surface area contributed by atoms with Gasteiger partial charge in [0.2, 0.25) is 5.91 Å². The predicted octanol–water partition coefficient (Wildman–Crippen LogP) is 3.90. The van der Waals surface area contributed by atoms with Crippen molar-refractivity contribution in [2.45, 2.75) is 13.0 Å². The zero-order valence-corrected chi connectivity index (χ0v) is 14.6. The van der Waals surface area contributed by atoms with E-state index < -0.39 is 0 Å². The van der Waals surface area contributed by atoms with Crippen molar-refractivity contribution in [3.8, 4) is 5.69 Å². The van der Waals surface area contributed by atoms with E-state index in [-0.39, 0.29) is 5.91 Å². The molecule has 2 aromatic carbocycles. The Morgan fingerprint density at radius 2 is 2.00 bits per heavy atom. The van der Waals surface area contributed by atoms with Crippen LogP contribution >= 0.6 is 11.6 Å². The first-order valence-electron chi connectivity index (χ1n) is 8.19. The van der Waals surface area contributed by atoms with E-state index in [1.165, 1.54) is 0 Å². The summed E-state index contributed by atoms with van der Waals surface area (Å²) in [6.07, 6.45) is 7.38. The molecule has 0 bridgehead atoms. The van der Waals surface area contributed by atoms with Gasteiger partial charge in [0.05, 0.1) is 29.6 Å². The highest BCUT2D eigenvalue weighted by Gasteiger charge is 2.08. The predicted molar refractivity (Wildman–Crippen MR) is 102 cm³/mol. The SMILES string of the molecule is O=C(CCn1ncc2c(Cl)cccc21)Nc1ccc(-n2ccnc2)cc1. The van der Waals surface area contributed by atoms with Crippen LogP contribution in [0.15, 0.2) is 67.4 Å². The largest absolute Gasteiger partial charge is 0.326 e. The van der Waals surface area contributed by atoms with E-state index >= 15 is 0 Å². The number of anilines is 1. The molecule has 130 valence electrons. The van der Waals surface area contributed by atoms with Gasteiger partial charge in [-0.05, 0) is 36.4 Å². The molecule has 0 saturated carbocycles. The first-order valence-corrected chi connectivity index (χ1v) is 8.57. The maximum atomic E-state index is 12.2. The van der Waals surface area contributed by atoms with Crippen LogP contribution in [0.3, 0.4) is 0 Å². The summed E-state index contributed by atoms with van der Waals surface area (Å²) >= 11 is 6.15. The molecule has 0 aliphatic carbocycles. The summed E-state index contributed by atoms with van der Waals surface area (Å²) in [6.45, 7) is 0.489. The van der Waals surface area contributed by atoms with Crippen LogP contribution in [0.25, 0.3) is 16.6 Å². The van der Waals surface area contributed by atoms with Gasteiger partial charge in [-0.1, -0.05) is 17.7 Å². The van der Waals surface area contributed by atoms with Crippen LogP contribution in [-0.2, 0) is 11.3 Å². The molecule has 0 saturated heterocycles. The average molecular weight is 366 g/mol. The minimum atomic E-state index is -0.0638. The van der Waals surface area contributed by atoms with Crippen LogP contribution in [0, 0.1) is 0 Å². The topological polar surface area (TPSA) is 64.7 Å². The van der Waals surface area contributed by atoms with Crippen molar-refractivity contribution in [2.75, 3.05) is 5.32 Å². The Hall–Kier alpha value is -3.12. The Balaban J connectivity index is 1.38. The van der Waals surface area contributed by atoms with Crippen LogP contribution < -0.4 is 5.32 Å². The van der Waals surface area contributed by atoms with Gasteiger partial charge < -0.3 is 9.88 Å². The highest BCUT2D eigenvalue weighted by atomic mass is 35.5. The first kappa shape index (κ1) is 16.4. The van der Waals surface area contributed by atoms with Crippen LogP contribution in [0.2, 0.25) is 5.02 Å². The minimum Gasteiger partial charge on any atom is -0.326 e. The number of carbonyl (C=O) groups excluding carboxylic acids is 1. The molecule has 0 spiro atoms. The molecular formula is C19H16ClN5O. The fourth-order valence-corrected chi connectivity index (χ4v) is 3.02. The summed E-state index contributed by atoms with van der Waals surface area (Å²) in [5.74, 6) is -0.0638. The number of nitrogens with zero attached hydrogens (tertiary/aromatic N) is 4. The fourth-order valence-electron chi connectivity index (χ4n) is 2.81. The number of imidazole rings is 1. The lowest BCUT2D eigenvalue weighted by Gasteiger charge is -2.08. The van der Waals surface area contributed by atoms with Crippen molar-refractivity contribution >= 4 is 34.1 Å². The molecule has 2 heterocycles. The van der Waals surface area contributed by atoms with E-state index in [1.807, 2.05) is 53.2 Å². The summed E-state index contributed by atoms with van der Waals surface area (Å²) in [6, 6.07) is 13.3. The maximum Gasteiger partial charge on any atom is 0.226 e. The summed E-state index contributed by atoms with van der Waals surface area (Å²) in [7, 11) is 0. The van der Waals surface area contributed by atoms with E-state index in [2.05, 4.69) is 15.4 Å². The lowest BCUT2D eigenvalue weighted by molar-refractivity contribution is -0.116. The van der Waals surface area contributed by atoms with Crippen molar-refractivity contribution in [2.24, 2.45) is 0 Å². The number of rotatable bonds is 5. The normalized spacial score (nSPS) is 11.0. The fraction of sp³-hybridized carbons (Fsp3) is 0.105. The summed E-state index contributed by atoms with van der Waals surface area (Å²) in [5, 5.41) is 8.78. The van der Waals surface area contributed by atoms with E-state index in [1.54, 1.807) is 23.4 Å². The molecule has 0 radical (unpaired) electrons. The summed E-state index contributed by atoms with van der Waals surface area (Å²) < 4.78 is 3.70. The Kier molecular flexibility index (Phi) is 4.41. The number of halogens is 1. The molecule has 1 amide bonds. The van der Waals surface area contributed by atoms with Gasteiger partial charge >= 0.3 is 0 Å². The van der Waals surface area contributed by atoms with Crippen molar-refractivity contribution in [3.63, 3.8) is 0 Å². The molecule has 0 aliphatic heterocycles. The van der Waals surface area contributed by atoms with Crippen molar-refractivity contribution in [3.05, 3.63) is 72.4 Å². The Morgan fingerprint density at radius 3 is 2.77 bits per heavy atom. The molecule has 2 aromatic heterocycles. The number of amides is 1. The second-order valence-corrected chi connectivity index (χ2v) is 6.26. The Labute approximate surface area is 155 Å². The number of aromatic nitrogens is 4. The number of fused-ring (bicyclic) bond motifs is 1. The van der Waals surface area contributed by atoms with Crippen molar-refractivity contribution in [1.29, 1.82) is 0 Å². The van der Waals surface area contributed by atoms with Crippen LogP contribution in [0.4, 0.5) is 5.69 Å². The Bertz CT molecular complexity index is 1040. The second kappa shape index (κ2) is 7.01. The van der Waals surface area contributed by atoms with Gasteiger partial charge in [-0.15, -0.1) is 0 Å². The maximum absolute atomic E-state index is 12.2. The van der Waals surface area contributed by atoms with Gasteiger partial charge in [0, 0.05) is 35.6 Å². The third-order valence-corrected chi connectivity index (χ3v) is 4.47. The molecule has 0 unspecified atom stereocenters. The van der Waals surface area contributed by atoms with E-state index in [0.29, 0.717) is 18.0 Å². The highest BCUT2D eigenvalue weighted by molar-refractivity contribution is 6.35. The number of aryl methyl sites for hydroxylation is 1. The van der Waals surface area contributed by atoms with Crippen LogP contribution in [0.1, 0.15) is 6.42 Å². The van der Waals surface area contributed by atoms with E-state index in [4.69, 9.17) is 11.6 Å². The highest BCUT2D eigenvalue weighted by Crippen LogP contribution is 2.23. The zero-order valence-electron chi connectivity index (χ0n) is 13.8. The molecule has 1 N–H and O–H groups in total. The second-order valence-electron chi connectivity index (χ2n) is 5.86. The molecule has 4 aromatic rings. The number of hydrogen-bond acceptors (Lipinski definition) is 3. The van der Waals surface area contributed by atoms with Gasteiger partial charge in [-0.25, -0.2) is 4.98 Å². The number of benzene rings is 2. The van der Waals surface area contributed by atoms with Crippen LogP contribution in [0.5, 0.6) is 0 Å². The molecule has 26 heavy (non-hydrogen) atoms. The average Bonchev–Trinajstić information content (AvgIpc) is 3.31. The van der Waals surface area contributed by atoms with Crippen molar-refractivity contribution in [1.82, 2.24) is 19.3 Å². The number of hydrogen-bond donors (Lipinski definition) is 1. The zero-order chi connectivity index (χ0) is 17.9. The number of carbonyl (C=O) groups is 1. The molecule has 4 rings (SSSR count). The monoisotopic (exact) mass is 365 g/mol. The Morgan fingerprint density at radius 1 is 1.15 bits per heavy atom. The van der Waals surface area contributed by atoms with Gasteiger partial charge in [0.1, 0.15) is 0 Å².